The smallest absolute Gasteiger partial charge is 0.349 e. The van der Waals surface area contributed by atoms with E-state index in [2.05, 4.69) is 4.99 Å². The van der Waals surface area contributed by atoms with Gasteiger partial charge < -0.3 is 5.32 Å². The highest BCUT2D eigenvalue weighted by Gasteiger charge is 3.00. The summed E-state index contributed by atoms with van der Waals surface area (Å²) in [4.78, 5) is 25.7. The van der Waals surface area contributed by atoms with Gasteiger partial charge in [0, 0.05) is 18.0 Å². The van der Waals surface area contributed by atoms with Gasteiger partial charge in [-0.2, -0.15) is 124 Å². The van der Waals surface area contributed by atoms with Gasteiger partial charge in [-0.1, -0.05) is 6.07 Å². The first kappa shape index (κ1) is 50.2. The minimum atomic E-state index is -9.84. The summed E-state index contributed by atoms with van der Waals surface area (Å²) in [6.07, 6.45) is -10.5. The summed E-state index contributed by atoms with van der Waals surface area (Å²) < 4.78 is 369. The molecule has 1 rings (SSSR count). The van der Waals surface area contributed by atoms with Crippen molar-refractivity contribution >= 4 is 17.7 Å². The number of halogens is 27. The number of aryl methyl sites for hydroxylation is 1. The van der Waals surface area contributed by atoms with Crippen LogP contribution in [0.3, 0.4) is 0 Å². The number of carbonyl (C=O) groups is 1. The Hall–Kier alpha value is -3.82. The predicted octanol–water partition coefficient (Wildman–Crippen LogP) is 10.7. The lowest BCUT2D eigenvalue weighted by atomic mass is 9.83. The monoisotopic (exact) mass is 886 g/mol. The quantitative estimate of drug-likeness (QED) is 0.102. The Morgan fingerprint density at radius 2 is 0.857 bits per heavy atom. The lowest BCUT2D eigenvalue weighted by Crippen LogP contribution is -2.78. The minimum absolute atomic E-state index is 0.0925. The van der Waals surface area contributed by atoms with E-state index in [4.69, 9.17) is 0 Å². The molecule has 0 spiro atoms. The van der Waals surface area contributed by atoms with Crippen molar-refractivity contribution in [1.29, 1.82) is 0 Å². The highest BCUT2D eigenvalue weighted by molar-refractivity contribution is 5.95. The number of hydrogen-bond donors (Lipinski definition) is 1. The van der Waals surface area contributed by atoms with Gasteiger partial charge in [0.2, 0.25) is 6.08 Å². The normalized spacial score (nSPS) is 16.0. The molecule has 1 aromatic rings. The molecule has 31 heteroatoms. The zero-order chi connectivity index (χ0) is 45.3. The summed E-state index contributed by atoms with van der Waals surface area (Å²) in [7, 11) is 0. The van der Waals surface area contributed by atoms with Gasteiger partial charge in [0.25, 0.3) is 5.91 Å². The molecule has 0 radical (unpaired) electrons. The second-order valence-electron chi connectivity index (χ2n) is 11.3. The zero-order valence-corrected chi connectivity index (χ0v) is 26.0. The molecular weight excluding hydrogens is 873 g/mol. The molecule has 324 valence electrons. The van der Waals surface area contributed by atoms with Crippen molar-refractivity contribution in [2.75, 3.05) is 0 Å². The van der Waals surface area contributed by atoms with Gasteiger partial charge in [-0.05, 0) is 31.5 Å². The zero-order valence-electron chi connectivity index (χ0n) is 26.0. The molecule has 56 heavy (non-hydrogen) atoms. The Labute approximate surface area is 290 Å². The van der Waals surface area contributed by atoms with E-state index in [0.717, 1.165) is 18.2 Å². The standard InChI is InChI=1S/C25H13F27N2O2/c1-8-3-4-10(5-11(8)53-7-55)12(56)54-9(2)6-13(26,27)14(28,29)15(30,31)16(32,33)17(34,35)18(36,37)19(38,39)20(40,41)21(42,43)22(44,45)23(46,47)24(48,49)25(50,51)52/h3-5,9H,6H2,1-2H3,(H,54,56). The number of nitrogens with one attached hydrogen (secondary N) is 1. The summed E-state index contributed by atoms with van der Waals surface area (Å²) in [5.41, 5.74) is -1.04. The van der Waals surface area contributed by atoms with Crippen molar-refractivity contribution in [3.63, 3.8) is 0 Å². The highest BCUT2D eigenvalue weighted by atomic mass is 19.4. The molecule has 1 amide bonds. The van der Waals surface area contributed by atoms with Crippen LogP contribution in [0.5, 0.6) is 0 Å². The molecule has 1 atom stereocenters. The third-order valence-electron chi connectivity index (χ3n) is 7.34. The molecule has 0 fully saturated rings. The first-order valence-corrected chi connectivity index (χ1v) is 13.3. The van der Waals surface area contributed by atoms with E-state index in [1.165, 1.54) is 12.2 Å². The minimum Gasteiger partial charge on any atom is -0.349 e. The molecule has 1 unspecified atom stereocenters. The SMILES string of the molecule is Cc1ccc(C(=O)NC(C)CC(F)(F)C(F)(F)C(F)(F)C(F)(F)C(F)(F)C(F)(F)C(F)(F)C(F)(F)C(F)(F)C(F)(F)C(F)(F)C(F)(F)C(F)(F)F)cc1N=C=O. The van der Waals surface area contributed by atoms with Crippen molar-refractivity contribution < 1.29 is 128 Å². The van der Waals surface area contributed by atoms with Gasteiger partial charge >= 0.3 is 77.2 Å². The highest BCUT2D eigenvalue weighted by Crippen LogP contribution is 2.68. The second-order valence-corrected chi connectivity index (χ2v) is 11.3. The summed E-state index contributed by atoms with van der Waals surface area (Å²) in [5.74, 6) is -112. The van der Waals surface area contributed by atoms with Crippen LogP contribution in [0.15, 0.2) is 23.2 Å². The van der Waals surface area contributed by atoms with Crippen molar-refractivity contribution in [3.8, 4) is 0 Å². The maximum absolute atomic E-state index is 14.4. The topological polar surface area (TPSA) is 58.5 Å². The average Bonchev–Trinajstić information content (AvgIpc) is 3.00. The second kappa shape index (κ2) is 13.9. The molecule has 1 N–H and O–H groups in total. The number of carbonyl (C=O) groups excluding carboxylic acids is 2. The van der Waals surface area contributed by atoms with Crippen molar-refractivity contribution in [2.24, 2.45) is 4.99 Å². The van der Waals surface area contributed by atoms with Gasteiger partial charge in [-0.15, -0.1) is 0 Å². The van der Waals surface area contributed by atoms with Crippen molar-refractivity contribution in [1.82, 2.24) is 5.32 Å². The van der Waals surface area contributed by atoms with Gasteiger partial charge in [-0.25, -0.2) is 4.79 Å². The molecule has 0 saturated heterocycles. The van der Waals surface area contributed by atoms with Crippen LogP contribution in [0.25, 0.3) is 0 Å². The Bertz CT molecular complexity index is 1670. The van der Waals surface area contributed by atoms with Gasteiger partial charge in [-0.3, -0.25) is 4.79 Å². The lowest BCUT2D eigenvalue weighted by molar-refractivity contribution is -0.485. The Morgan fingerprint density at radius 1 is 0.554 bits per heavy atom. The van der Waals surface area contributed by atoms with Gasteiger partial charge in [0.15, 0.2) is 0 Å². The van der Waals surface area contributed by atoms with Crippen LogP contribution in [0.4, 0.5) is 124 Å². The fourth-order valence-electron chi connectivity index (χ4n) is 3.97. The van der Waals surface area contributed by atoms with E-state index >= 15 is 0 Å². The first-order chi connectivity index (χ1) is 24.2. The molecule has 0 aliphatic rings. The fraction of sp³-hybridized carbons (Fsp3) is 0.680. The molecule has 1 aromatic carbocycles. The van der Waals surface area contributed by atoms with Crippen LogP contribution in [0.2, 0.25) is 0 Å². The van der Waals surface area contributed by atoms with Crippen molar-refractivity contribution in [3.05, 3.63) is 29.3 Å². The maximum Gasteiger partial charge on any atom is 0.460 e. The molecule has 0 aliphatic heterocycles. The summed E-state index contributed by atoms with van der Waals surface area (Å²) in [6.45, 7) is 1.35. The van der Waals surface area contributed by atoms with E-state index in [-0.39, 0.29) is 12.5 Å². The first-order valence-electron chi connectivity index (χ1n) is 13.3. The molecule has 0 saturated carbocycles. The number of isocyanates is 1. The van der Waals surface area contributed by atoms with E-state index < -0.39 is 107 Å². The molecule has 0 bridgehead atoms. The molecule has 0 aliphatic carbocycles. The van der Waals surface area contributed by atoms with Gasteiger partial charge in [0.1, 0.15) is 0 Å². The number of benzene rings is 1. The summed E-state index contributed by atoms with van der Waals surface area (Å²) >= 11 is 0. The number of nitrogens with zero attached hydrogens (tertiary/aromatic N) is 1. The third kappa shape index (κ3) is 6.84. The van der Waals surface area contributed by atoms with E-state index in [1.807, 2.05) is 0 Å². The van der Waals surface area contributed by atoms with Crippen molar-refractivity contribution in [2.45, 2.75) is 104 Å². The fourth-order valence-corrected chi connectivity index (χ4v) is 3.97. The molecule has 0 aromatic heterocycles. The number of aliphatic imine (C=N–C) groups is 1. The number of hydrogen-bond acceptors (Lipinski definition) is 3. The Morgan fingerprint density at radius 3 is 1.16 bits per heavy atom. The predicted molar refractivity (Wildman–Crippen MR) is 126 cm³/mol. The van der Waals surface area contributed by atoms with Crippen LogP contribution in [0, 0.1) is 6.92 Å². The molecule has 4 nitrogen and oxygen atoms in total. The molecule has 0 heterocycles. The number of amides is 1. The third-order valence-corrected chi connectivity index (χ3v) is 7.34. The largest absolute Gasteiger partial charge is 0.460 e. The van der Waals surface area contributed by atoms with Crippen LogP contribution in [-0.2, 0) is 4.79 Å². The summed E-state index contributed by atoms with van der Waals surface area (Å²) in [5, 5.41) is 1.28. The Balaban J connectivity index is 3.73. The maximum atomic E-state index is 14.4. The van der Waals surface area contributed by atoms with E-state index in [9.17, 15) is 128 Å². The average molecular weight is 886 g/mol. The summed E-state index contributed by atoms with van der Waals surface area (Å²) in [6, 6.07) is -0.398. The lowest BCUT2D eigenvalue weighted by Gasteiger charge is -2.46. The van der Waals surface area contributed by atoms with Crippen LogP contribution in [-0.4, -0.2) is 95.3 Å². The van der Waals surface area contributed by atoms with E-state index in [1.54, 1.807) is 0 Å². The van der Waals surface area contributed by atoms with Gasteiger partial charge in [0.05, 0.1) is 5.69 Å². The van der Waals surface area contributed by atoms with E-state index in [0.29, 0.717) is 6.07 Å². The Kier molecular flexibility index (Phi) is 12.5. The van der Waals surface area contributed by atoms with Crippen LogP contribution >= 0.6 is 0 Å². The van der Waals surface area contributed by atoms with Crippen LogP contribution in [0.1, 0.15) is 29.3 Å². The van der Waals surface area contributed by atoms with Crippen LogP contribution < -0.4 is 5.32 Å². The number of alkyl halides is 27. The molecular formula is C25H13F27N2O2. The number of rotatable bonds is 16.